The van der Waals surface area contributed by atoms with Gasteiger partial charge >= 0.3 is 0 Å². The van der Waals surface area contributed by atoms with Crippen molar-refractivity contribution >= 4 is 23.2 Å². The molecule has 0 spiro atoms. The first-order valence-electron chi connectivity index (χ1n) is 6.48. The molecule has 5 heteroatoms. The summed E-state index contributed by atoms with van der Waals surface area (Å²) in [5.41, 5.74) is 0. The third-order valence-electron chi connectivity index (χ3n) is 3.37. The predicted octanol–water partition coefficient (Wildman–Crippen LogP) is 3.87. The maximum Gasteiger partial charge on any atom is 0.179 e. The molecule has 0 saturated carbocycles. The summed E-state index contributed by atoms with van der Waals surface area (Å²) in [5, 5.41) is 1.04. The molecule has 0 aromatic heterocycles. The lowest BCUT2D eigenvalue weighted by Crippen LogP contribution is -2.21. The van der Waals surface area contributed by atoms with Crippen LogP contribution in [-0.2, 0) is 0 Å². The van der Waals surface area contributed by atoms with E-state index in [4.69, 9.17) is 32.7 Å². The Bertz CT molecular complexity index is 440. The van der Waals surface area contributed by atoms with Crippen LogP contribution in [0, 0.1) is 0 Å². The van der Waals surface area contributed by atoms with E-state index in [1.54, 1.807) is 19.2 Å². The van der Waals surface area contributed by atoms with Gasteiger partial charge in [-0.3, -0.25) is 0 Å². The molecule has 0 N–H and O–H groups in total. The minimum Gasteiger partial charge on any atom is -0.491 e. The summed E-state index contributed by atoms with van der Waals surface area (Å²) < 4.78 is 11.3. The van der Waals surface area contributed by atoms with Gasteiger partial charge in [0, 0.05) is 17.6 Å². The third kappa shape index (κ3) is 3.91. The largest absolute Gasteiger partial charge is 0.491 e. The highest BCUT2D eigenvalue weighted by atomic mass is 35.5. The molecule has 3 nitrogen and oxygen atoms in total. The summed E-state index contributed by atoms with van der Waals surface area (Å²) in [4.78, 5) is 2.32. The minimum absolute atomic E-state index is 0.188. The third-order valence-corrected chi connectivity index (χ3v) is 3.87. The van der Waals surface area contributed by atoms with Crippen molar-refractivity contribution in [3.05, 3.63) is 22.2 Å². The molecular weight excluding hydrogens is 285 g/mol. The number of hydrogen-bond acceptors (Lipinski definition) is 3. The van der Waals surface area contributed by atoms with Gasteiger partial charge in [0.1, 0.15) is 6.10 Å². The van der Waals surface area contributed by atoms with Crippen LogP contribution in [0.4, 0.5) is 0 Å². The number of nitrogens with zero attached hydrogens (tertiary/aromatic N) is 1. The van der Waals surface area contributed by atoms with Crippen LogP contribution in [0.25, 0.3) is 0 Å². The van der Waals surface area contributed by atoms with Crippen LogP contribution in [0.15, 0.2) is 12.1 Å². The van der Waals surface area contributed by atoms with Gasteiger partial charge in [0.15, 0.2) is 11.5 Å². The van der Waals surface area contributed by atoms with E-state index in [2.05, 4.69) is 11.9 Å². The van der Waals surface area contributed by atoms with E-state index in [1.807, 2.05) is 0 Å². The maximum absolute atomic E-state index is 6.11. The zero-order valence-electron chi connectivity index (χ0n) is 11.3. The van der Waals surface area contributed by atoms with E-state index in [0.717, 1.165) is 32.4 Å². The monoisotopic (exact) mass is 303 g/mol. The fourth-order valence-electron chi connectivity index (χ4n) is 2.33. The smallest absolute Gasteiger partial charge is 0.179 e. The molecule has 1 heterocycles. The lowest BCUT2D eigenvalue weighted by atomic mass is 10.1. The number of methoxy groups -OCH3 is 1. The highest BCUT2D eigenvalue weighted by Crippen LogP contribution is 2.39. The Labute approximate surface area is 124 Å². The van der Waals surface area contributed by atoms with Gasteiger partial charge in [-0.2, -0.15) is 0 Å². The van der Waals surface area contributed by atoms with Crippen molar-refractivity contribution in [3.63, 3.8) is 0 Å². The first kappa shape index (κ1) is 14.8. The van der Waals surface area contributed by atoms with Crippen molar-refractivity contribution < 1.29 is 9.47 Å². The fraction of sp³-hybridized carbons (Fsp3) is 0.571. The second kappa shape index (κ2) is 6.69. The average Bonchev–Trinajstić information content (AvgIpc) is 2.54. The molecule has 1 aromatic carbocycles. The van der Waals surface area contributed by atoms with Crippen LogP contribution in [0.3, 0.4) is 0 Å². The van der Waals surface area contributed by atoms with Gasteiger partial charge in [-0.25, -0.2) is 0 Å². The summed E-state index contributed by atoms with van der Waals surface area (Å²) in [5.74, 6) is 1.19. The molecule has 1 fully saturated rings. The van der Waals surface area contributed by atoms with Gasteiger partial charge in [-0.05, 0) is 38.9 Å². The number of halogens is 2. The van der Waals surface area contributed by atoms with Crippen LogP contribution >= 0.6 is 23.2 Å². The average molecular weight is 304 g/mol. The van der Waals surface area contributed by atoms with Crippen LogP contribution in [0.2, 0.25) is 10.0 Å². The molecule has 1 aliphatic rings. The van der Waals surface area contributed by atoms with Crippen LogP contribution in [0.1, 0.15) is 19.3 Å². The van der Waals surface area contributed by atoms with E-state index in [1.165, 1.54) is 0 Å². The minimum atomic E-state index is 0.188. The normalized spacial score (nSPS) is 20.9. The van der Waals surface area contributed by atoms with E-state index in [0.29, 0.717) is 21.5 Å². The maximum atomic E-state index is 6.11. The summed E-state index contributed by atoms with van der Waals surface area (Å²) in [6.45, 7) is 2.16. The molecule has 0 bridgehead atoms. The molecule has 2 rings (SSSR count). The van der Waals surface area contributed by atoms with Crippen molar-refractivity contribution in [3.8, 4) is 11.5 Å². The van der Waals surface area contributed by atoms with Crippen molar-refractivity contribution in [2.75, 3.05) is 27.2 Å². The molecule has 0 radical (unpaired) electrons. The summed E-state index contributed by atoms with van der Waals surface area (Å²) >= 11 is 12.1. The molecule has 0 amide bonds. The summed E-state index contributed by atoms with van der Waals surface area (Å²) in [7, 11) is 3.72. The van der Waals surface area contributed by atoms with E-state index >= 15 is 0 Å². The van der Waals surface area contributed by atoms with Crippen molar-refractivity contribution in [2.24, 2.45) is 0 Å². The van der Waals surface area contributed by atoms with Gasteiger partial charge in [-0.15, -0.1) is 0 Å². The highest BCUT2D eigenvalue weighted by Gasteiger charge is 2.19. The number of benzene rings is 1. The zero-order chi connectivity index (χ0) is 13.8. The summed E-state index contributed by atoms with van der Waals surface area (Å²) in [6, 6.07) is 3.43. The Hall–Kier alpha value is -0.640. The molecule has 1 saturated heterocycles. The number of likely N-dealkylation sites (tertiary alicyclic amines) is 1. The molecule has 0 aliphatic carbocycles. The number of rotatable bonds is 3. The Balaban J connectivity index is 2.13. The van der Waals surface area contributed by atoms with Crippen molar-refractivity contribution in [1.29, 1.82) is 0 Å². The second-order valence-electron chi connectivity index (χ2n) is 4.89. The SMILES string of the molecule is COc1c(Cl)cc(Cl)cc1OC1CCCN(C)CC1. The van der Waals surface area contributed by atoms with Crippen molar-refractivity contribution in [2.45, 2.75) is 25.4 Å². The molecule has 1 aliphatic heterocycles. The first-order chi connectivity index (χ1) is 9.10. The lowest BCUT2D eigenvalue weighted by molar-refractivity contribution is 0.176. The van der Waals surface area contributed by atoms with Gasteiger partial charge < -0.3 is 14.4 Å². The number of ether oxygens (including phenoxy) is 2. The van der Waals surface area contributed by atoms with E-state index in [-0.39, 0.29) is 6.10 Å². The summed E-state index contributed by atoms with van der Waals surface area (Å²) in [6.07, 6.45) is 3.37. The Morgan fingerprint density at radius 1 is 1.21 bits per heavy atom. The van der Waals surface area contributed by atoms with Gasteiger partial charge in [0.2, 0.25) is 0 Å². The van der Waals surface area contributed by atoms with Crippen LogP contribution < -0.4 is 9.47 Å². The highest BCUT2D eigenvalue weighted by molar-refractivity contribution is 6.35. The molecule has 19 heavy (non-hydrogen) atoms. The molecule has 1 atom stereocenters. The zero-order valence-corrected chi connectivity index (χ0v) is 12.8. The molecular formula is C14H19Cl2NO2. The van der Waals surface area contributed by atoms with Gasteiger partial charge in [-0.1, -0.05) is 23.2 Å². The van der Waals surface area contributed by atoms with Gasteiger partial charge in [0.25, 0.3) is 0 Å². The Morgan fingerprint density at radius 2 is 2.00 bits per heavy atom. The fourth-order valence-corrected chi connectivity index (χ4v) is 2.88. The first-order valence-corrected chi connectivity index (χ1v) is 7.24. The Morgan fingerprint density at radius 3 is 2.74 bits per heavy atom. The standard InChI is InChI=1S/C14H19Cl2NO2/c1-17-6-3-4-11(5-7-17)19-13-9-10(15)8-12(16)14(13)18-2/h8-9,11H,3-7H2,1-2H3. The Kier molecular flexibility index (Phi) is 5.20. The second-order valence-corrected chi connectivity index (χ2v) is 5.74. The van der Waals surface area contributed by atoms with Crippen molar-refractivity contribution in [1.82, 2.24) is 4.90 Å². The molecule has 1 aromatic rings. The molecule has 106 valence electrons. The predicted molar refractivity (Wildman–Crippen MR) is 78.8 cm³/mol. The van der Waals surface area contributed by atoms with E-state index < -0.39 is 0 Å². The van der Waals surface area contributed by atoms with Gasteiger partial charge in [0.05, 0.1) is 12.1 Å². The lowest BCUT2D eigenvalue weighted by Gasteiger charge is -2.20. The van der Waals surface area contributed by atoms with E-state index in [9.17, 15) is 0 Å². The topological polar surface area (TPSA) is 21.7 Å². The van der Waals surface area contributed by atoms with Crippen LogP contribution in [-0.4, -0.2) is 38.3 Å². The molecule has 1 unspecified atom stereocenters. The number of hydrogen-bond donors (Lipinski definition) is 0. The van der Waals surface area contributed by atoms with Crippen LogP contribution in [0.5, 0.6) is 11.5 Å². The quantitative estimate of drug-likeness (QED) is 0.846.